The Morgan fingerprint density at radius 3 is 2.46 bits per heavy atom. The number of nitrogens with zero attached hydrogens (tertiary/aromatic N) is 2. The zero-order valence-corrected chi connectivity index (χ0v) is 14.8. The average Bonchev–Trinajstić information content (AvgIpc) is 2.73. The molecule has 1 saturated carbocycles. The molecule has 0 spiro atoms. The van der Waals surface area contributed by atoms with Crippen molar-refractivity contribution in [3.05, 3.63) is 54.9 Å². The number of hydrogen-bond donors (Lipinski definition) is 5. The molecule has 0 bridgehead atoms. The van der Waals surface area contributed by atoms with E-state index in [0.29, 0.717) is 0 Å². The fourth-order valence-corrected chi connectivity index (χ4v) is 3.67. The van der Waals surface area contributed by atoms with Gasteiger partial charge in [-0.2, -0.15) is 10.2 Å². The maximum Gasteiger partial charge on any atom is 0.229 e. The maximum atomic E-state index is 10.4. The Hall–Kier alpha value is -2.62. The van der Waals surface area contributed by atoms with Crippen LogP contribution in [-0.2, 0) is 0 Å². The van der Waals surface area contributed by atoms with Crippen LogP contribution in [0.15, 0.2) is 54.9 Å². The van der Waals surface area contributed by atoms with E-state index in [9.17, 15) is 25.5 Å². The third-order valence-corrected chi connectivity index (χ3v) is 5.40. The molecule has 5 N–H and O–H groups in total. The summed E-state index contributed by atoms with van der Waals surface area (Å²) in [6.45, 7) is -0.599. The fourth-order valence-electron chi connectivity index (χ4n) is 3.67. The second kappa shape index (κ2) is 7.08. The molecule has 1 fully saturated rings. The molecule has 2 aromatic carbocycles. The highest BCUT2D eigenvalue weighted by Crippen LogP contribution is 2.42. The van der Waals surface area contributed by atoms with Gasteiger partial charge in [0, 0.05) is 16.7 Å². The van der Waals surface area contributed by atoms with E-state index in [4.69, 9.17) is 4.74 Å². The van der Waals surface area contributed by atoms with E-state index in [0.717, 1.165) is 21.9 Å². The van der Waals surface area contributed by atoms with Crippen molar-refractivity contribution in [1.82, 2.24) is 10.2 Å². The highest BCUT2D eigenvalue weighted by atomic mass is 16.6. The maximum absolute atomic E-state index is 10.4. The SMILES string of the molecule is OCC1C(O)C(O)C1(O)C(O)Oc1ccc(-c2cccc3cnncc23)cc1. The van der Waals surface area contributed by atoms with Crippen molar-refractivity contribution in [1.29, 1.82) is 0 Å². The first kappa shape index (κ1) is 18.7. The lowest BCUT2D eigenvalue weighted by atomic mass is 9.64. The first-order valence-electron chi connectivity index (χ1n) is 8.80. The highest BCUT2D eigenvalue weighted by Gasteiger charge is 2.65. The molecule has 0 aliphatic heterocycles. The van der Waals surface area contributed by atoms with E-state index in [1.807, 2.05) is 18.2 Å². The third-order valence-electron chi connectivity index (χ3n) is 5.40. The lowest BCUT2D eigenvalue weighted by Gasteiger charge is -2.53. The predicted molar refractivity (Wildman–Crippen MR) is 99.1 cm³/mol. The second-order valence-corrected chi connectivity index (χ2v) is 6.90. The van der Waals surface area contributed by atoms with Gasteiger partial charge in [0.2, 0.25) is 6.29 Å². The van der Waals surface area contributed by atoms with Crippen LogP contribution >= 0.6 is 0 Å². The van der Waals surface area contributed by atoms with Crippen LogP contribution in [0.25, 0.3) is 21.9 Å². The topological polar surface area (TPSA) is 136 Å². The van der Waals surface area contributed by atoms with Crippen molar-refractivity contribution in [2.45, 2.75) is 24.1 Å². The van der Waals surface area contributed by atoms with E-state index in [2.05, 4.69) is 10.2 Å². The standard InChI is InChI=1S/C20H20N2O6/c23-10-16-17(24)18(25)20(16,27)19(26)28-13-6-4-11(5-7-13)14-3-1-2-12-8-21-22-9-15(12)14/h1-9,16-19,23-27H,10H2. The summed E-state index contributed by atoms with van der Waals surface area (Å²) in [5.41, 5.74) is -0.302. The summed E-state index contributed by atoms with van der Waals surface area (Å²) in [5.74, 6) is -0.844. The number of aromatic nitrogens is 2. The van der Waals surface area contributed by atoms with Gasteiger partial charge in [0.15, 0.2) is 5.60 Å². The smallest absolute Gasteiger partial charge is 0.229 e. The second-order valence-electron chi connectivity index (χ2n) is 6.90. The highest BCUT2D eigenvalue weighted by molar-refractivity contribution is 5.95. The molecule has 1 aliphatic rings. The van der Waals surface area contributed by atoms with Gasteiger partial charge in [-0.25, -0.2) is 0 Å². The number of rotatable bonds is 5. The first-order valence-corrected chi connectivity index (χ1v) is 8.80. The van der Waals surface area contributed by atoms with Crippen LogP contribution in [0.2, 0.25) is 0 Å². The minimum Gasteiger partial charge on any atom is -0.462 e. The quantitative estimate of drug-likeness (QED) is 0.390. The zero-order chi connectivity index (χ0) is 19.9. The van der Waals surface area contributed by atoms with E-state index >= 15 is 0 Å². The van der Waals surface area contributed by atoms with Gasteiger partial charge in [0.1, 0.15) is 11.9 Å². The van der Waals surface area contributed by atoms with E-state index in [1.54, 1.807) is 36.7 Å². The molecule has 0 amide bonds. The van der Waals surface area contributed by atoms with Crippen LogP contribution in [0.4, 0.5) is 0 Å². The van der Waals surface area contributed by atoms with Gasteiger partial charge in [-0.1, -0.05) is 30.3 Å². The molecule has 3 aromatic rings. The number of aliphatic hydroxyl groups excluding tert-OH is 4. The number of hydrogen-bond acceptors (Lipinski definition) is 8. The summed E-state index contributed by atoms with van der Waals surface area (Å²) in [7, 11) is 0. The van der Waals surface area contributed by atoms with Gasteiger partial charge in [-0.3, -0.25) is 0 Å². The van der Waals surface area contributed by atoms with Gasteiger partial charge in [0.25, 0.3) is 0 Å². The summed E-state index contributed by atoms with van der Waals surface area (Å²) in [4.78, 5) is 0. The molecule has 146 valence electrons. The summed E-state index contributed by atoms with van der Waals surface area (Å²) < 4.78 is 5.35. The number of aliphatic hydroxyl groups is 5. The van der Waals surface area contributed by atoms with Gasteiger partial charge >= 0.3 is 0 Å². The first-order chi connectivity index (χ1) is 13.5. The predicted octanol–water partition coefficient (Wildman–Crippen LogP) is 0.0690. The lowest BCUT2D eigenvalue weighted by Crippen LogP contribution is -2.76. The number of benzene rings is 2. The van der Waals surface area contributed by atoms with Crippen molar-refractivity contribution in [2.24, 2.45) is 5.92 Å². The van der Waals surface area contributed by atoms with Crippen molar-refractivity contribution >= 4 is 10.8 Å². The molecule has 4 rings (SSSR count). The Bertz CT molecular complexity index is 977. The molecule has 1 aliphatic carbocycles. The molecule has 8 nitrogen and oxygen atoms in total. The van der Waals surface area contributed by atoms with Crippen molar-refractivity contribution in [3.63, 3.8) is 0 Å². The third kappa shape index (κ3) is 2.83. The fraction of sp³-hybridized carbons (Fsp3) is 0.300. The Labute approximate surface area is 160 Å². The normalized spacial score (nSPS) is 28.0. The molecular weight excluding hydrogens is 364 g/mol. The van der Waals surface area contributed by atoms with Crippen molar-refractivity contribution in [3.8, 4) is 16.9 Å². The van der Waals surface area contributed by atoms with Crippen molar-refractivity contribution in [2.75, 3.05) is 6.61 Å². The van der Waals surface area contributed by atoms with Gasteiger partial charge in [-0.05, 0) is 23.3 Å². The molecule has 1 aromatic heterocycles. The van der Waals surface area contributed by atoms with E-state index in [-0.39, 0.29) is 5.75 Å². The molecular formula is C20H20N2O6. The Morgan fingerprint density at radius 1 is 1.04 bits per heavy atom. The largest absolute Gasteiger partial charge is 0.462 e. The summed E-state index contributed by atoms with van der Waals surface area (Å²) in [5, 5.41) is 59.1. The minimum atomic E-state index is -2.15. The Balaban J connectivity index is 1.56. The molecule has 0 saturated heterocycles. The van der Waals surface area contributed by atoms with Gasteiger partial charge < -0.3 is 30.3 Å². The molecule has 0 radical (unpaired) electrons. The number of fused-ring (bicyclic) bond motifs is 1. The van der Waals surface area contributed by atoms with Crippen LogP contribution < -0.4 is 4.74 Å². The van der Waals surface area contributed by atoms with E-state index in [1.165, 1.54) is 0 Å². The Kier molecular flexibility index (Phi) is 4.74. The van der Waals surface area contributed by atoms with Crippen LogP contribution in [0.1, 0.15) is 0 Å². The molecule has 28 heavy (non-hydrogen) atoms. The summed E-state index contributed by atoms with van der Waals surface area (Å²) >= 11 is 0. The monoisotopic (exact) mass is 384 g/mol. The lowest BCUT2D eigenvalue weighted by molar-refractivity contribution is -0.332. The molecule has 5 unspecified atom stereocenters. The molecule has 8 heteroatoms. The molecule has 5 atom stereocenters. The molecule has 1 heterocycles. The minimum absolute atomic E-state index is 0.259. The van der Waals surface area contributed by atoms with Crippen LogP contribution in [0.3, 0.4) is 0 Å². The zero-order valence-electron chi connectivity index (χ0n) is 14.8. The van der Waals surface area contributed by atoms with Crippen LogP contribution in [0.5, 0.6) is 5.75 Å². The summed E-state index contributed by atoms with van der Waals surface area (Å²) in [6, 6.07) is 12.6. The Morgan fingerprint density at radius 2 is 1.75 bits per heavy atom. The van der Waals surface area contributed by atoms with Gasteiger partial charge in [-0.15, -0.1) is 0 Å². The van der Waals surface area contributed by atoms with Crippen molar-refractivity contribution < 1.29 is 30.3 Å². The van der Waals surface area contributed by atoms with Gasteiger partial charge in [0.05, 0.1) is 25.1 Å². The average molecular weight is 384 g/mol. The number of ether oxygens (including phenoxy) is 1. The van der Waals surface area contributed by atoms with Crippen LogP contribution in [0, 0.1) is 5.92 Å². The summed E-state index contributed by atoms with van der Waals surface area (Å²) in [6.07, 6.45) is -1.39. The van der Waals surface area contributed by atoms with E-state index < -0.39 is 36.6 Å². The van der Waals surface area contributed by atoms with Crippen LogP contribution in [-0.4, -0.2) is 66.4 Å².